The van der Waals surface area contributed by atoms with E-state index in [4.69, 9.17) is 18.3 Å². The van der Waals surface area contributed by atoms with Crippen molar-refractivity contribution in [3.63, 3.8) is 0 Å². The third-order valence-corrected chi connectivity index (χ3v) is 5.85. The fraction of sp³-hybridized carbons (Fsp3) is 0.714. The molecule has 0 unspecified atom stereocenters. The summed E-state index contributed by atoms with van der Waals surface area (Å²) in [6, 6.07) is 4.48. The lowest BCUT2D eigenvalue weighted by molar-refractivity contribution is 0.00728. The zero-order valence-electron chi connectivity index (χ0n) is 18.9. The standard InChI is InChI=1S/C21H33NO3/c1-14(2)8-16-12-22-7-6-15-10-20(24-4)21(25-5)11-18(15)19(22)9-17(16)13-23-3/h10-11,14,16-17,19H,6-9,12-13H2,1-5H3/t16-,17+,19-/m1/s1/i3D3. The number of benzene rings is 1. The Bertz CT molecular complexity index is 678. The molecule has 1 saturated heterocycles. The van der Waals surface area contributed by atoms with Gasteiger partial charge in [-0.2, -0.15) is 0 Å². The molecule has 2 heterocycles. The smallest absolute Gasteiger partial charge is 0.161 e. The van der Waals surface area contributed by atoms with E-state index in [0.29, 0.717) is 18.4 Å². The molecule has 0 N–H and O–H groups in total. The van der Waals surface area contributed by atoms with Crippen molar-refractivity contribution >= 4 is 0 Å². The zero-order chi connectivity index (χ0) is 20.5. The van der Waals surface area contributed by atoms with Gasteiger partial charge in [-0.05, 0) is 60.3 Å². The second-order valence-corrected chi connectivity index (χ2v) is 7.86. The Morgan fingerprint density at radius 3 is 2.64 bits per heavy atom. The molecule has 1 fully saturated rings. The van der Waals surface area contributed by atoms with E-state index in [1.165, 1.54) is 11.1 Å². The van der Waals surface area contributed by atoms with Crippen molar-refractivity contribution in [2.45, 2.75) is 39.2 Å². The first-order valence-corrected chi connectivity index (χ1v) is 9.34. The van der Waals surface area contributed by atoms with Gasteiger partial charge in [-0.3, -0.25) is 4.90 Å². The summed E-state index contributed by atoms with van der Waals surface area (Å²) in [5.41, 5.74) is 2.59. The number of rotatable bonds is 6. The molecule has 4 nitrogen and oxygen atoms in total. The molecule has 3 atom stereocenters. The topological polar surface area (TPSA) is 30.9 Å². The van der Waals surface area contributed by atoms with Gasteiger partial charge in [-0.15, -0.1) is 0 Å². The zero-order valence-corrected chi connectivity index (χ0v) is 15.9. The van der Waals surface area contributed by atoms with E-state index in [9.17, 15) is 0 Å². The lowest BCUT2D eigenvalue weighted by Crippen LogP contribution is -2.47. The molecule has 0 radical (unpaired) electrons. The average molecular weight is 351 g/mol. The van der Waals surface area contributed by atoms with Crippen molar-refractivity contribution in [3.05, 3.63) is 23.3 Å². The van der Waals surface area contributed by atoms with Crippen LogP contribution in [0.15, 0.2) is 12.1 Å². The van der Waals surface area contributed by atoms with Crippen molar-refractivity contribution in [3.8, 4) is 11.5 Å². The Labute approximate surface area is 156 Å². The van der Waals surface area contributed by atoms with Gasteiger partial charge in [0.2, 0.25) is 0 Å². The Balaban J connectivity index is 1.86. The number of nitrogens with zero attached hydrogens (tertiary/aromatic N) is 1. The molecular weight excluding hydrogens is 314 g/mol. The maximum atomic E-state index is 7.43. The summed E-state index contributed by atoms with van der Waals surface area (Å²) in [5.74, 6) is 2.80. The summed E-state index contributed by atoms with van der Waals surface area (Å²) in [6.45, 7) is 6.77. The van der Waals surface area contributed by atoms with Gasteiger partial charge in [0.15, 0.2) is 11.5 Å². The van der Waals surface area contributed by atoms with E-state index in [2.05, 4.69) is 30.9 Å². The van der Waals surface area contributed by atoms with Crippen LogP contribution in [0.25, 0.3) is 0 Å². The number of hydrogen-bond donors (Lipinski definition) is 0. The quantitative estimate of drug-likeness (QED) is 0.778. The average Bonchev–Trinajstić information content (AvgIpc) is 2.63. The highest BCUT2D eigenvalue weighted by molar-refractivity contribution is 5.49. The maximum Gasteiger partial charge on any atom is 0.161 e. The molecular formula is C21H33NO3. The minimum Gasteiger partial charge on any atom is -0.493 e. The molecule has 0 aliphatic carbocycles. The van der Waals surface area contributed by atoms with Gasteiger partial charge in [0.05, 0.1) is 18.3 Å². The predicted molar refractivity (Wildman–Crippen MR) is 100 cm³/mol. The minimum atomic E-state index is -2.33. The molecule has 0 spiro atoms. The van der Waals surface area contributed by atoms with Crippen LogP contribution < -0.4 is 9.47 Å². The maximum absolute atomic E-state index is 7.43. The summed E-state index contributed by atoms with van der Waals surface area (Å²) in [7, 11) is 0.997. The van der Waals surface area contributed by atoms with Crippen molar-refractivity contribution in [1.29, 1.82) is 0 Å². The number of ether oxygens (including phenoxy) is 3. The highest BCUT2D eigenvalue weighted by Gasteiger charge is 2.39. The van der Waals surface area contributed by atoms with Crippen molar-refractivity contribution in [2.24, 2.45) is 17.8 Å². The van der Waals surface area contributed by atoms with Crippen LogP contribution in [0.5, 0.6) is 11.5 Å². The normalized spacial score (nSPS) is 28.5. The van der Waals surface area contributed by atoms with Crippen LogP contribution in [-0.2, 0) is 11.2 Å². The monoisotopic (exact) mass is 350 g/mol. The van der Waals surface area contributed by atoms with Crippen LogP contribution in [0.3, 0.4) is 0 Å². The fourth-order valence-corrected chi connectivity index (χ4v) is 4.69. The first-order valence-electron chi connectivity index (χ1n) is 10.8. The first kappa shape index (κ1) is 14.9. The molecule has 0 bridgehead atoms. The SMILES string of the molecule is [2H]C([2H])([2H])OC[C@@H]1C[C@@H]2c3cc(OC)c(OC)cc3CCN2C[C@H]1CC(C)C. The first-order chi connectivity index (χ1) is 13.2. The minimum absolute atomic E-state index is 0.239. The van der Waals surface area contributed by atoms with Gasteiger partial charge in [0.1, 0.15) is 0 Å². The number of methoxy groups -OCH3 is 3. The lowest BCUT2D eigenvalue weighted by atomic mass is 9.74. The van der Waals surface area contributed by atoms with Crippen molar-refractivity contribution < 1.29 is 18.3 Å². The molecule has 3 rings (SSSR count). The molecule has 2 aliphatic heterocycles. The van der Waals surface area contributed by atoms with Gasteiger partial charge in [-0.25, -0.2) is 0 Å². The molecule has 1 aromatic carbocycles. The van der Waals surface area contributed by atoms with E-state index in [1.807, 2.05) is 0 Å². The van der Waals surface area contributed by atoms with Crippen LogP contribution in [0.4, 0.5) is 0 Å². The van der Waals surface area contributed by atoms with Crippen LogP contribution in [0.2, 0.25) is 0 Å². The predicted octanol–water partition coefficient (Wildman–Crippen LogP) is 3.93. The summed E-state index contributed by atoms with van der Waals surface area (Å²) < 4.78 is 38.5. The van der Waals surface area contributed by atoms with Crippen LogP contribution in [-0.4, -0.2) is 45.9 Å². The van der Waals surface area contributed by atoms with Crippen LogP contribution in [0, 0.1) is 17.8 Å². The van der Waals surface area contributed by atoms with E-state index < -0.39 is 7.04 Å². The van der Waals surface area contributed by atoms with Gasteiger partial charge >= 0.3 is 0 Å². The third-order valence-electron chi connectivity index (χ3n) is 5.85. The summed E-state index contributed by atoms with van der Waals surface area (Å²) in [6.07, 6.45) is 3.00. The van der Waals surface area contributed by atoms with E-state index in [0.717, 1.165) is 43.9 Å². The molecule has 140 valence electrons. The van der Waals surface area contributed by atoms with E-state index >= 15 is 0 Å². The summed E-state index contributed by atoms with van der Waals surface area (Å²) in [4.78, 5) is 2.56. The van der Waals surface area contributed by atoms with E-state index in [1.54, 1.807) is 14.2 Å². The third kappa shape index (κ3) is 3.80. The molecule has 4 heteroatoms. The Kier molecular flexibility index (Phi) is 4.73. The van der Waals surface area contributed by atoms with Crippen LogP contribution in [0.1, 0.15) is 48.0 Å². The second-order valence-electron chi connectivity index (χ2n) is 7.86. The molecule has 1 aromatic rings. The van der Waals surface area contributed by atoms with E-state index in [-0.39, 0.29) is 12.0 Å². The number of fused-ring (bicyclic) bond motifs is 3. The van der Waals surface area contributed by atoms with Gasteiger partial charge in [-0.1, -0.05) is 13.8 Å². The fourth-order valence-electron chi connectivity index (χ4n) is 4.69. The second kappa shape index (κ2) is 7.96. The Morgan fingerprint density at radius 2 is 1.96 bits per heavy atom. The van der Waals surface area contributed by atoms with Gasteiger partial charge < -0.3 is 14.2 Å². The van der Waals surface area contributed by atoms with Crippen molar-refractivity contribution in [2.75, 3.05) is 41.0 Å². The summed E-state index contributed by atoms with van der Waals surface area (Å²) in [5, 5.41) is 0. The largest absolute Gasteiger partial charge is 0.493 e. The van der Waals surface area contributed by atoms with Crippen LogP contribution >= 0.6 is 0 Å². The van der Waals surface area contributed by atoms with Gasteiger partial charge in [0, 0.05) is 32.8 Å². The summed E-state index contributed by atoms with van der Waals surface area (Å²) >= 11 is 0. The molecule has 2 aliphatic rings. The Morgan fingerprint density at radius 1 is 1.20 bits per heavy atom. The molecule has 25 heavy (non-hydrogen) atoms. The number of piperidine rings is 1. The molecule has 0 amide bonds. The highest BCUT2D eigenvalue weighted by atomic mass is 16.5. The molecule has 0 aromatic heterocycles. The number of hydrogen-bond acceptors (Lipinski definition) is 4. The highest BCUT2D eigenvalue weighted by Crippen LogP contribution is 2.45. The molecule has 0 saturated carbocycles. The van der Waals surface area contributed by atoms with Gasteiger partial charge in [0.25, 0.3) is 0 Å². The Hall–Kier alpha value is -1.26. The lowest BCUT2D eigenvalue weighted by Gasteiger charge is -2.47. The van der Waals surface area contributed by atoms with Crippen molar-refractivity contribution in [1.82, 2.24) is 4.90 Å².